The number of nitrogens with zero attached hydrogens (tertiary/aromatic N) is 2. The second kappa shape index (κ2) is 11.2. The van der Waals surface area contributed by atoms with Crippen LogP contribution in [0, 0.1) is 18.8 Å². The summed E-state index contributed by atoms with van der Waals surface area (Å²) in [5.41, 5.74) is 2.95. The topological polar surface area (TPSA) is 52.7 Å². The van der Waals surface area contributed by atoms with E-state index in [-0.39, 0.29) is 18.4 Å². The molecule has 0 aliphatic carbocycles. The molecular formula is C28H35N3O2S. The molecule has 6 heteroatoms. The molecule has 2 aromatic carbocycles. The Morgan fingerprint density at radius 1 is 1.09 bits per heavy atom. The molecule has 1 N–H and O–H groups in total. The van der Waals surface area contributed by atoms with Gasteiger partial charge in [0.1, 0.15) is 6.54 Å². The first kappa shape index (κ1) is 24.6. The lowest BCUT2D eigenvalue weighted by atomic mass is 9.92. The number of amides is 2. The summed E-state index contributed by atoms with van der Waals surface area (Å²) in [5.74, 6) is 1.23. The molecule has 1 saturated heterocycles. The number of fused-ring (bicyclic) bond motifs is 1. The third-order valence-electron chi connectivity index (χ3n) is 6.43. The highest BCUT2D eigenvalue weighted by Gasteiger charge is 2.30. The molecule has 4 rings (SSSR count). The van der Waals surface area contributed by atoms with Crippen molar-refractivity contribution in [3.63, 3.8) is 0 Å². The van der Waals surface area contributed by atoms with Crippen LogP contribution in [0.5, 0.6) is 0 Å². The number of hydrogen-bond acceptors (Lipinski definition) is 4. The van der Waals surface area contributed by atoms with E-state index in [1.54, 1.807) is 4.90 Å². The Bertz CT molecular complexity index is 1040. The van der Waals surface area contributed by atoms with Gasteiger partial charge in [-0.15, -0.1) is 0 Å². The molecule has 1 fully saturated rings. The number of hydrogen-bond donors (Lipinski definition) is 1. The lowest BCUT2D eigenvalue weighted by Gasteiger charge is -2.35. The van der Waals surface area contributed by atoms with Gasteiger partial charge in [-0.2, -0.15) is 0 Å². The standard InChI is InChI=1S/C28H35N3O2S/c1-20-9-11-23(12-10-20)16-26-28(33)31(24-7-4-5-8-25(24)34-26)19-27(32)29-13-6-14-30-17-21(2)15-22(3)18-30/h4-5,7-12,16,21-22H,6,13-15,17-19H2,1-3H3,(H,29,32)/b26-16+/t21-,22-/m0/s1. The summed E-state index contributed by atoms with van der Waals surface area (Å²) in [7, 11) is 0. The summed E-state index contributed by atoms with van der Waals surface area (Å²) in [5, 5.41) is 3.03. The molecule has 2 heterocycles. The van der Waals surface area contributed by atoms with Crippen molar-refractivity contribution in [1.29, 1.82) is 0 Å². The van der Waals surface area contributed by atoms with Crippen molar-refractivity contribution in [3.8, 4) is 0 Å². The van der Waals surface area contributed by atoms with E-state index in [2.05, 4.69) is 24.1 Å². The van der Waals surface area contributed by atoms with E-state index in [4.69, 9.17) is 0 Å². The van der Waals surface area contributed by atoms with Crippen LogP contribution in [0.15, 0.2) is 58.3 Å². The molecule has 2 aromatic rings. The number of thioether (sulfide) groups is 1. The third kappa shape index (κ3) is 6.30. The normalized spacial score (nSPS) is 22.0. The third-order valence-corrected chi connectivity index (χ3v) is 7.50. The zero-order chi connectivity index (χ0) is 24.1. The van der Waals surface area contributed by atoms with Gasteiger partial charge in [0.05, 0.1) is 10.6 Å². The Morgan fingerprint density at radius 2 is 1.79 bits per heavy atom. The van der Waals surface area contributed by atoms with Gasteiger partial charge in [0.2, 0.25) is 5.91 Å². The summed E-state index contributed by atoms with van der Waals surface area (Å²) in [6.45, 7) is 10.6. The van der Waals surface area contributed by atoms with Crippen molar-refractivity contribution in [3.05, 3.63) is 64.6 Å². The lowest BCUT2D eigenvalue weighted by Crippen LogP contribution is -2.43. The first-order valence-corrected chi connectivity index (χ1v) is 13.1. The van der Waals surface area contributed by atoms with Crippen LogP contribution in [0.25, 0.3) is 6.08 Å². The van der Waals surface area contributed by atoms with Gasteiger partial charge in [0.15, 0.2) is 0 Å². The van der Waals surface area contributed by atoms with E-state index in [0.29, 0.717) is 11.4 Å². The van der Waals surface area contributed by atoms with Gasteiger partial charge in [0, 0.05) is 24.5 Å². The average molecular weight is 478 g/mol. The van der Waals surface area contributed by atoms with Gasteiger partial charge in [-0.1, -0.05) is 67.6 Å². The van der Waals surface area contributed by atoms with Crippen LogP contribution in [0.1, 0.15) is 37.8 Å². The van der Waals surface area contributed by atoms with Crippen molar-refractivity contribution in [2.45, 2.75) is 38.5 Å². The molecule has 2 amide bonds. The number of piperidine rings is 1. The minimum atomic E-state index is -0.129. The summed E-state index contributed by atoms with van der Waals surface area (Å²) >= 11 is 1.47. The maximum atomic E-state index is 13.3. The molecule has 2 aliphatic rings. The van der Waals surface area contributed by atoms with E-state index >= 15 is 0 Å². The molecule has 0 unspecified atom stereocenters. The van der Waals surface area contributed by atoms with E-state index in [1.165, 1.54) is 23.7 Å². The molecule has 0 aromatic heterocycles. The number of nitrogens with one attached hydrogen (secondary N) is 1. The van der Waals surface area contributed by atoms with E-state index in [0.717, 1.165) is 54.0 Å². The second-order valence-corrected chi connectivity index (χ2v) is 10.9. The number of rotatable bonds is 7. The Kier molecular flexibility index (Phi) is 8.11. The van der Waals surface area contributed by atoms with Crippen molar-refractivity contribution in [2.24, 2.45) is 11.8 Å². The number of likely N-dealkylation sites (tertiary alicyclic amines) is 1. The summed E-state index contributed by atoms with van der Waals surface area (Å²) in [4.78, 5) is 31.9. The monoisotopic (exact) mass is 477 g/mol. The van der Waals surface area contributed by atoms with Crippen molar-refractivity contribution in [1.82, 2.24) is 10.2 Å². The molecule has 180 valence electrons. The van der Waals surface area contributed by atoms with Gasteiger partial charge < -0.3 is 10.2 Å². The second-order valence-electron chi connectivity index (χ2n) is 9.79. The van der Waals surface area contributed by atoms with Gasteiger partial charge in [-0.05, 0) is 61.9 Å². The molecule has 0 radical (unpaired) electrons. The van der Waals surface area contributed by atoms with Crippen LogP contribution in [-0.4, -0.2) is 49.4 Å². The number of aryl methyl sites for hydroxylation is 1. The highest BCUT2D eigenvalue weighted by atomic mass is 32.2. The lowest BCUT2D eigenvalue weighted by molar-refractivity contribution is -0.122. The van der Waals surface area contributed by atoms with Crippen molar-refractivity contribution >= 4 is 35.3 Å². The quantitative estimate of drug-likeness (QED) is 0.452. The summed E-state index contributed by atoms with van der Waals surface area (Å²) in [6.07, 6.45) is 4.13. The predicted molar refractivity (Wildman–Crippen MR) is 141 cm³/mol. The Labute approximate surface area is 207 Å². The van der Waals surface area contributed by atoms with Crippen molar-refractivity contribution < 1.29 is 9.59 Å². The van der Waals surface area contributed by atoms with Crippen LogP contribution in [0.3, 0.4) is 0 Å². The van der Waals surface area contributed by atoms with Gasteiger partial charge >= 0.3 is 0 Å². The molecule has 0 bridgehead atoms. The molecule has 0 spiro atoms. The first-order valence-electron chi connectivity index (χ1n) is 12.2. The smallest absolute Gasteiger partial charge is 0.265 e. The fourth-order valence-corrected chi connectivity index (χ4v) is 6.00. The SMILES string of the molecule is Cc1ccc(/C=C2/Sc3ccccc3N(CC(=O)NCCCN3C[C@@H](C)C[C@H](C)C3)C2=O)cc1. The number of para-hydroxylation sites is 1. The van der Waals surface area contributed by atoms with Crippen LogP contribution in [0.4, 0.5) is 5.69 Å². The number of carbonyl (C=O) groups excluding carboxylic acids is 2. The van der Waals surface area contributed by atoms with E-state index in [1.807, 2.05) is 61.5 Å². The minimum Gasteiger partial charge on any atom is -0.355 e. The summed E-state index contributed by atoms with van der Waals surface area (Å²) in [6, 6.07) is 15.9. The van der Waals surface area contributed by atoms with Gasteiger partial charge in [-0.3, -0.25) is 14.5 Å². The molecule has 2 atom stereocenters. The first-order chi connectivity index (χ1) is 16.4. The van der Waals surface area contributed by atoms with Crippen LogP contribution < -0.4 is 10.2 Å². The van der Waals surface area contributed by atoms with E-state index < -0.39 is 0 Å². The zero-order valence-electron chi connectivity index (χ0n) is 20.4. The fraction of sp³-hybridized carbons (Fsp3) is 0.429. The average Bonchev–Trinajstić information content (AvgIpc) is 2.80. The molecule has 34 heavy (non-hydrogen) atoms. The largest absolute Gasteiger partial charge is 0.355 e. The number of carbonyl (C=O) groups is 2. The maximum Gasteiger partial charge on any atom is 0.265 e. The molecule has 5 nitrogen and oxygen atoms in total. The molecular weight excluding hydrogens is 442 g/mol. The maximum absolute atomic E-state index is 13.3. The Balaban J connectivity index is 1.37. The highest BCUT2D eigenvalue weighted by Crippen LogP contribution is 2.41. The van der Waals surface area contributed by atoms with Crippen LogP contribution in [-0.2, 0) is 9.59 Å². The number of benzene rings is 2. The number of anilines is 1. The Morgan fingerprint density at radius 3 is 2.53 bits per heavy atom. The summed E-state index contributed by atoms with van der Waals surface area (Å²) < 4.78 is 0. The predicted octanol–water partition coefficient (Wildman–Crippen LogP) is 4.96. The van der Waals surface area contributed by atoms with Crippen molar-refractivity contribution in [2.75, 3.05) is 37.6 Å². The zero-order valence-corrected chi connectivity index (χ0v) is 21.2. The Hall–Kier alpha value is -2.57. The van der Waals surface area contributed by atoms with Crippen LogP contribution in [0.2, 0.25) is 0 Å². The molecule has 2 aliphatic heterocycles. The minimum absolute atomic E-state index is 0.0272. The highest BCUT2D eigenvalue weighted by molar-refractivity contribution is 8.04. The fourth-order valence-electron chi connectivity index (χ4n) is 4.94. The molecule has 0 saturated carbocycles. The van der Waals surface area contributed by atoms with Crippen LogP contribution >= 0.6 is 11.8 Å². The van der Waals surface area contributed by atoms with Gasteiger partial charge in [-0.25, -0.2) is 0 Å². The van der Waals surface area contributed by atoms with Gasteiger partial charge in [0.25, 0.3) is 5.91 Å². The van der Waals surface area contributed by atoms with E-state index in [9.17, 15) is 9.59 Å².